The van der Waals surface area contributed by atoms with Gasteiger partial charge in [-0.15, -0.1) is 0 Å². The number of pyridine rings is 1. The van der Waals surface area contributed by atoms with E-state index in [1.807, 2.05) is 42.5 Å². The van der Waals surface area contributed by atoms with Crippen molar-refractivity contribution in [2.75, 3.05) is 0 Å². The topological polar surface area (TPSA) is 80.4 Å². The molecule has 3 rings (SSSR count). The highest BCUT2D eigenvalue weighted by Crippen LogP contribution is 2.27. The number of nitrogens with one attached hydrogen (secondary N) is 1. The molecule has 3 aromatic rings. The fraction of sp³-hybridized carbons (Fsp3) is 0.0500. The molecular formula is C20H13N3O. The highest BCUT2D eigenvalue weighted by Gasteiger charge is 2.11. The summed E-state index contributed by atoms with van der Waals surface area (Å²) in [6, 6.07) is 20.8. The number of benzene rings is 2. The average molecular weight is 311 g/mol. The van der Waals surface area contributed by atoms with Gasteiger partial charge in [-0.3, -0.25) is 4.79 Å². The van der Waals surface area contributed by atoms with Gasteiger partial charge in [0.2, 0.25) is 0 Å². The number of hydrogen-bond acceptors (Lipinski definition) is 3. The van der Waals surface area contributed by atoms with Gasteiger partial charge in [-0.2, -0.15) is 10.5 Å². The van der Waals surface area contributed by atoms with Crippen LogP contribution in [0, 0.1) is 29.6 Å². The van der Waals surface area contributed by atoms with E-state index in [1.165, 1.54) is 0 Å². The summed E-state index contributed by atoms with van der Waals surface area (Å²) < 4.78 is 0. The summed E-state index contributed by atoms with van der Waals surface area (Å²) in [4.78, 5) is 14.6. The second-order valence-corrected chi connectivity index (χ2v) is 5.45. The number of aryl methyl sites for hydroxylation is 1. The molecule has 1 aromatic heterocycles. The van der Waals surface area contributed by atoms with Crippen molar-refractivity contribution in [2.45, 2.75) is 6.92 Å². The highest BCUT2D eigenvalue weighted by molar-refractivity contribution is 5.76. The van der Waals surface area contributed by atoms with Crippen molar-refractivity contribution >= 4 is 0 Å². The van der Waals surface area contributed by atoms with Crippen LogP contribution in [0.1, 0.15) is 16.8 Å². The number of nitrogens with zero attached hydrogens (tertiary/aromatic N) is 2. The monoisotopic (exact) mass is 311 g/mol. The zero-order valence-electron chi connectivity index (χ0n) is 13.0. The third-order valence-electron chi connectivity index (χ3n) is 3.80. The summed E-state index contributed by atoms with van der Waals surface area (Å²) in [6.07, 6.45) is 0. The molecule has 4 nitrogen and oxygen atoms in total. The van der Waals surface area contributed by atoms with Crippen LogP contribution in [0.4, 0.5) is 0 Å². The van der Waals surface area contributed by atoms with Gasteiger partial charge in [-0.05, 0) is 47.9 Å². The van der Waals surface area contributed by atoms with E-state index in [0.717, 1.165) is 16.7 Å². The first kappa shape index (κ1) is 15.3. The Labute approximate surface area is 139 Å². The van der Waals surface area contributed by atoms with Crippen LogP contribution in [0.3, 0.4) is 0 Å². The SMILES string of the molecule is Cc1cc(-c2cccc(-c3ccc(C#N)cc3)c2)c(C#N)c(=O)[nH]1. The predicted molar refractivity (Wildman–Crippen MR) is 92.1 cm³/mol. The second-order valence-electron chi connectivity index (χ2n) is 5.45. The fourth-order valence-electron chi connectivity index (χ4n) is 2.63. The first-order valence-corrected chi connectivity index (χ1v) is 7.37. The van der Waals surface area contributed by atoms with Gasteiger partial charge in [-0.1, -0.05) is 30.3 Å². The molecule has 0 saturated carbocycles. The summed E-state index contributed by atoms with van der Waals surface area (Å²) in [7, 11) is 0. The maximum absolute atomic E-state index is 12.0. The van der Waals surface area contributed by atoms with Crippen LogP contribution in [0.25, 0.3) is 22.3 Å². The Kier molecular flexibility index (Phi) is 3.97. The molecule has 2 aromatic carbocycles. The average Bonchev–Trinajstić information content (AvgIpc) is 2.61. The van der Waals surface area contributed by atoms with E-state index in [-0.39, 0.29) is 11.1 Å². The summed E-state index contributed by atoms with van der Waals surface area (Å²) in [6.45, 7) is 1.79. The molecule has 4 heteroatoms. The molecule has 0 atom stereocenters. The molecule has 0 aliphatic rings. The molecule has 114 valence electrons. The molecule has 0 aliphatic heterocycles. The van der Waals surface area contributed by atoms with Crippen LogP contribution >= 0.6 is 0 Å². The smallest absolute Gasteiger partial charge is 0.266 e. The van der Waals surface area contributed by atoms with Crippen LogP contribution < -0.4 is 5.56 Å². The summed E-state index contributed by atoms with van der Waals surface area (Å²) >= 11 is 0. The third kappa shape index (κ3) is 2.82. The van der Waals surface area contributed by atoms with Crippen molar-refractivity contribution in [2.24, 2.45) is 0 Å². The van der Waals surface area contributed by atoms with E-state index >= 15 is 0 Å². The van der Waals surface area contributed by atoms with E-state index < -0.39 is 0 Å². The van der Waals surface area contributed by atoms with Crippen molar-refractivity contribution in [1.82, 2.24) is 4.98 Å². The van der Waals surface area contributed by atoms with Crippen molar-refractivity contribution in [3.05, 3.63) is 81.8 Å². The number of aromatic amines is 1. The lowest BCUT2D eigenvalue weighted by molar-refractivity contribution is 1.13. The quantitative estimate of drug-likeness (QED) is 0.782. The summed E-state index contributed by atoms with van der Waals surface area (Å²) in [5.74, 6) is 0. The molecule has 24 heavy (non-hydrogen) atoms. The van der Waals surface area contributed by atoms with Gasteiger partial charge < -0.3 is 4.98 Å². The molecule has 1 heterocycles. The first-order valence-electron chi connectivity index (χ1n) is 7.37. The van der Waals surface area contributed by atoms with Crippen LogP contribution in [-0.4, -0.2) is 4.98 Å². The Hall–Kier alpha value is -3.63. The number of H-pyrrole nitrogens is 1. The second kappa shape index (κ2) is 6.24. The van der Waals surface area contributed by atoms with E-state index in [2.05, 4.69) is 11.1 Å². The Morgan fingerprint density at radius 1 is 0.875 bits per heavy atom. The molecule has 0 saturated heterocycles. The molecule has 0 amide bonds. The van der Waals surface area contributed by atoms with Gasteiger partial charge in [0, 0.05) is 11.3 Å². The van der Waals surface area contributed by atoms with Gasteiger partial charge in [0.25, 0.3) is 5.56 Å². The minimum Gasteiger partial charge on any atom is -0.325 e. The maximum Gasteiger partial charge on any atom is 0.266 e. The van der Waals surface area contributed by atoms with Gasteiger partial charge in [0.1, 0.15) is 11.6 Å². The van der Waals surface area contributed by atoms with Crippen LogP contribution in [0.15, 0.2) is 59.4 Å². The first-order chi connectivity index (χ1) is 11.6. The predicted octanol–water partition coefficient (Wildman–Crippen LogP) is 3.76. The van der Waals surface area contributed by atoms with Gasteiger partial charge in [0.05, 0.1) is 11.6 Å². The molecule has 0 bridgehead atoms. The zero-order valence-corrected chi connectivity index (χ0v) is 13.0. The van der Waals surface area contributed by atoms with Gasteiger partial charge in [0.15, 0.2) is 0 Å². The standard InChI is InChI=1S/C20H13N3O/c1-13-9-18(19(12-22)20(24)23-13)17-4-2-3-16(10-17)15-7-5-14(11-21)6-8-15/h2-10H,1H3,(H,23,24). The van der Waals surface area contributed by atoms with E-state index in [1.54, 1.807) is 25.1 Å². The van der Waals surface area contributed by atoms with Crippen molar-refractivity contribution in [3.63, 3.8) is 0 Å². The number of rotatable bonds is 2. The largest absolute Gasteiger partial charge is 0.325 e. The van der Waals surface area contributed by atoms with E-state index in [9.17, 15) is 10.1 Å². The Morgan fingerprint density at radius 2 is 1.58 bits per heavy atom. The van der Waals surface area contributed by atoms with E-state index in [0.29, 0.717) is 16.8 Å². The third-order valence-corrected chi connectivity index (χ3v) is 3.80. The molecule has 1 N–H and O–H groups in total. The van der Waals surface area contributed by atoms with Crippen LogP contribution in [0.5, 0.6) is 0 Å². The number of aromatic nitrogens is 1. The van der Waals surface area contributed by atoms with Crippen molar-refractivity contribution < 1.29 is 0 Å². The normalized spacial score (nSPS) is 9.96. The maximum atomic E-state index is 12.0. The van der Waals surface area contributed by atoms with Crippen molar-refractivity contribution in [3.8, 4) is 34.4 Å². The molecule has 0 fully saturated rings. The molecule has 0 radical (unpaired) electrons. The van der Waals surface area contributed by atoms with Gasteiger partial charge in [-0.25, -0.2) is 0 Å². The molecule has 0 spiro atoms. The lowest BCUT2D eigenvalue weighted by Crippen LogP contribution is -2.12. The number of nitriles is 2. The summed E-state index contributed by atoms with van der Waals surface area (Å²) in [5.41, 5.74) is 4.39. The Bertz CT molecular complexity index is 1050. The van der Waals surface area contributed by atoms with Crippen molar-refractivity contribution in [1.29, 1.82) is 10.5 Å². The fourth-order valence-corrected chi connectivity index (χ4v) is 2.63. The summed E-state index contributed by atoms with van der Waals surface area (Å²) in [5, 5.41) is 18.2. The van der Waals surface area contributed by atoms with Crippen LogP contribution in [0.2, 0.25) is 0 Å². The van der Waals surface area contributed by atoms with E-state index in [4.69, 9.17) is 5.26 Å². The zero-order chi connectivity index (χ0) is 17.1. The minimum atomic E-state index is -0.378. The molecule has 0 unspecified atom stereocenters. The Morgan fingerprint density at radius 3 is 2.25 bits per heavy atom. The molecular weight excluding hydrogens is 298 g/mol. The Balaban J connectivity index is 2.14. The lowest BCUT2D eigenvalue weighted by atomic mass is 9.96. The molecule has 0 aliphatic carbocycles. The number of hydrogen-bond donors (Lipinski definition) is 1. The minimum absolute atomic E-state index is 0.109. The highest BCUT2D eigenvalue weighted by atomic mass is 16.1. The van der Waals surface area contributed by atoms with Gasteiger partial charge >= 0.3 is 0 Å². The van der Waals surface area contributed by atoms with Crippen LogP contribution in [-0.2, 0) is 0 Å². The lowest BCUT2D eigenvalue weighted by Gasteiger charge is -2.08.